The van der Waals surface area contributed by atoms with Gasteiger partial charge in [0.1, 0.15) is 6.10 Å². The van der Waals surface area contributed by atoms with E-state index in [1.54, 1.807) is 0 Å². The Morgan fingerprint density at radius 3 is 2.88 bits per heavy atom. The van der Waals surface area contributed by atoms with Gasteiger partial charge in [-0.15, -0.1) is 0 Å². The molecule has 0 saturated carbocycles. The van der Waals surface area contributed by atoms with E-state index in [0.717, 1.165) is 48.0 Å². The summed E-state index contributed by atoms with van der Waals surface area (Å²) in [6.07, 6.45) is 0.528. The molecule has 2 aliphatic heterocycles. The summed E-state index contributed by atoms with van der Waals surface area (Å²) in [4.78, 5) is 21.0. The lowest BCUT2D eigenvalue weighted by molar-refractivity contribution is 0.120. The van der Waals surface area contributed by atoms with Crippen LogP contribution >= 0.6 is 11.6 Å². The molecule has 1 aromatic carbocycles. The fourth-order valence-corrected chi connectivity index (χ4v) is 4.04. The van der Waals surface area contributed by atoms with Crippen LogP contribution in [-0.4, -0.2) is 52.7 Å². The number of carbonyl (C=O) groups is 1. The summed E-state index contributed by atoms with van der Waals surface area (Å²) >= 11 is 6.05. The number of carbonyl (C=O) groups excluding carboxylic acids is 1. The van der Waals surface area contributed by atoms with Crippen LogP contribution in [0.4, 0.5) is 4.79 Å². The van der Waals surface area contributed by atoms with Crippen LogP contribution in [0.25, 0.3) is 0 Å². The molecule has 1 amide bonds. The molecule has 1 aromatic heterocycles. The Morgan fingerprint density at radius 2 is 2.08 bits per heavy atom. The van der Waals surface area contributed by atoms with Gasteiger partial charge in [0.15, 0.2) is 0 Å². The van der Waals surface area contributed by atoms with Gasteiger partial charge in [-0.3, -0.25) is 14.8 Å². The van der Waals surface area contributed by atoms with E-state index in [-0.39, 0.29) is 18.2 Å². The van der Waals surface area contributed by atoms with Gasteiger partial charge in [-0.1, -0.05) is 29.8 Å². The van der Waals surface area contributed by atoms with E-state index in [1.165, 1.54) is 0 Å². The van der Waals surface area contributed by atoms with Crippen molar-refractivity contribution in [2.45, 2.75) is 32.0 Å². The maximum absolute atomic E-state index is 12.2. The number of likely N-dealkylation sites (tertiary alicyclic amines) is 1. The first-order valence-corrected chi connectivity index (χ1v) is 9.33. The molecule has 0 radical (unpaired) electrons. The van der Waals surface area contributed by atoms with Crippen molar-refractivity contribution in [1.82, 2.24) is 14.8 Å². The third-order valence-electron chi connectivity index (χ3n) is 5.06. The molecule has 5 nitrogen and oxygen atoms in total. The van der Waals surface area contributed by atoms with Crippen molar-refractivity contribution in [2.24, 2.45) is 0 Å². The predicted molar refractivity (Wildman–Crippen MR) is 100 cm³/mol. The molecule has 2 saturated heterocycles. The van der Waals surface area contributed by atoms with Gasteiger partial charge in [0.2, 0.25) is 0 Å². The second kappa shape index (κ2) is 7.25. The van der Waals surface area contributed by atoms with Crippen LogP contribution in [0.15, 0.2) is 42.5 Å². The molecule has 2 atom stereocenters. The third kappa shape index (κ3) is 3.69. The highest BCUT2D eigenvalue weighted by molar-refractivity contribution is 6.30. The average Bonchev–Trinajstić information content (AvgIpc) is 3.09. The van der Waals surface area contributed by atoms with Crippen LogP contribution in [0.2, 0.25) is 5.02 Å². The highest BCUT2D eigenvalue weighted by Gasteiger charge is 2.47. The van der Waals surface area contributed by atoms with Gasteiger partial charge in [0, 0.05) is 36.9 Å². The molecule has 2 aromatic rings. The van der Waals surface area contributed by atoms with E-state index < -0.39 is 0 Å². The fourth-order valence-electron chi connectivity index (χ4n) is 3.83. The predicted octanol–water partition coefficient (Wildman–Crippen LogP) is 3.29. The monoisotopic (exact) mass is 371 g/mol. The quantitative estimate of drug-likeness (QED) is 0.809. The van der Waals surface area contributed by atoms with E-state index in [2.05, 4.69) is 9.88 Å². The smallest absolute Gasteiger partial charge is 0.410 e. The number of fused-ring (bicyclic) bond motifs is 1. The number of benzene rings is 1. The lowest BCUT2D eigenvalue weighted by Crippen LogP contribution is -2.39. The number of nitrogens with zero attached hydrogens (tertiary/aromatic N) is 3. The lowest BCUT2D eigenvalue weighted by Gasteiger charge is -2.22. The number of pyridine rings is 1. The minimum atomic E-state index is -0.199. The van der Waals surface area contributed by atoms with Gasteiger partial charge >= 0.3 is 6.09 Å². The van der Waals surface area contributed by atoms with Crippen molar-refractivity contribution >= 4 is 17.7 Å². The fraction of sp³-hybridized carbons (Fsp3) is 0.400. The Morgan fingerprint density at radius 1 is 1.23 bits per heavy atom. The Labute approximate surface area is 158 Å². The van der Waals surface area contributed by atoms with E-state index in [4.69, 9.17) is 16.3 Å². The highest BCUT2D eigenvalue weighted by atomic mass is 35.5. The minimum absolute atomic E-state index is 0.0494. The van der Waals surface area contributed by atoms with Crippen LogP contribution in [0.3, 0.4) is 0 Å². The number of amides is 1. The second-order valence-electron chi connectivity index (χ2n) is 7.03. The maximum atomic E-state index is 12.2. The lowest BCUT2D eigenvalue weighted by atomic mass is 10.1. The number of rotatable bonds is 5. The number of aryl methyl sites for hydroxylation is 1. The summed E-state index contributed by atoms with van der Waals surface area (Å²) in [6.45, 7) is 5.02. The molecule has 0 bridgehead atoms. The molecule has 0 unspecified atom stereocenters. The van der Waals surface area contributed by atoms with Crippen molar-refractivity contribution in [3.05, 3.63) is 64.4 Å². The second-order valence-corrected chi connectivity index (χ2v) is 7.46. The normalized spacial score (nSPS) is 22.5. The first kappa shape index (κ1) is 17.3. The largest absolute Gasteiger partial charge is 0.442 e. The average molecular weight is 372 g/mol. The van der Waals surface area contributed by atoms with Gasteiger partial charge in [-0.25, -0.2) is 4.79 Å². The van der Waals surface area contributed by atoms with E-state index in [9.17, 15) is 4.79 Å². The molecular formula is C20H22ClN3O2. The topological polar surface area (TPSA) is 45.7 Å². The van der Waals surface area contributed by atoms with Gasteiger partial charge in [0.25, 0.3) is 0 Å². The summed E-state index contributed by atoms with van der Waals surface area (Å²) in [5.41, 5.74) is 3.21. The SMILES string of the molecule is Cc1cccc(CN2C[C@@H]3OC(=O)N(CCc4cccc(Cl)c4)[C@@H]3C2)n1. The Kier molecular flexibility index (Phi) is 4.83. The van der Waals surface area contributed by atoms with E-state index in [0.29, 0.717) is 6.54 Å². The minimum Gasteiger partial charge on any atom is -0.442 e. The number of halogens is 1. The van der Waals surface area contributed by atoms with Gasteiger partial charge in [-0.05, 0) is 43.2 Å². The van der Waals surface area contributed by atoms with E-state index in [1.807, 2.05) is 54.3 Å². The molecule has 26 heavy (non-hydrogen) atoms. The zero-order valence-corrected chi connectivity index (χ0v) is 15.5. The summed E-state index contributed by atoms with van der Waals surface area (Å²) in [7, 11) is 0. The highest BCUT2D eigenvalue weighted by Crippen LogP contribution is 2.28. The van der Waals surface area contributed by atoms with E-state index >= 15 is 0 Å². The Balaban J connectivity index is 1.38. The summed E-state index contributed by atoms with van der Waals surface area (Å²) in [6, 6.07) is 14.0. The molecule has 3 heterocycles. The Hall–Kier alpha value is -2.11. The zero-order chi connectivity index (χ0) is 18.1. The van der Waals surface area contributed by atoms with Crippen molar-refractivity contribution in [1.29, 1.82) is 0 Å². The first-order valence-electron chi connectivity index (χ1n) is 8.95. The maximum Gasteiger partial charge on any atom is 0.410 e. The number of ether oxygens (including phenoxy) is 1. The van der Waals surface area contributed by atoms with Gasteiger partial charge in [0.05, 0.1) is 11.7 Å². The van der Waals surface area contributed by atoms with Crippen molar-refractivity contribution < 1.29 is 9.53 Å². The summed E-state index contributed by atoms with van der Waals surface area (Å²) < 4.78 is 5.60. The molecule has 0 spiro atoms. The molecule has 6 heteroatoms. The Bertz CT molecular complexity index is 813. The number of hydrogen-bond donors (Lipinski definition) is 0. The van der Waals surface area contributed by atoms with Crippen molar-refractivity contribution in [2.75, 3.05) is 19.6 Å². The molecular weight excluding hydrogens is 350 g/mol. The van der Waals surface area contributed by atoms with Crippen LogP contribution < -0.4 is 0 Å². The molecule has 0 N–H and O–H groups in total. The first-order chi connectivity index (χ1) is 12.6. The number of hydrogen-bond acceptors (Lipinski definition) is 4. The zero-order valence-electron chi connectivity index (χ0n) is 14.8. The van der Waals surface area contributed by atoms with Gasteiger partial charge in [-0.2, -0.15) is 0 Å². The van der Waals surface area contributed by atoms with Gasteiger partial charge < -0.3 is 4.74 Å². The number of aromatic nitrogens is 1. The summed E-state index contributed by atoms with van der Waals surface area (Å²) in [5.74, 6) is 0. The van der Waals surface area contributed by atoms with Crippen molar-refractivity contribution in [3.63, 3.8) is 0 Å². The standard InChI is InChI=1S/C20H22ClN3O2/c1-14-4-2-7-17(22-14)11-23-12-18-19(13-23)26-20(25)24(18)9-8-15-5-3-6-16(21)10-15/h2-7,10,18-19H,8-9,11-13H2,1H3/t18-,19+/m1/s1. The van der Waals surface area contributed by atoms with Crippen molar-refractivity contribution in [3.8, 4) is 0 Å². The van der Waals surface area contributed by atoms with Crippen LogP contribution in [0.5, 0.6) is 0 Å². The van der Waals surface area contributed by atoms with Crippen LogP contribution in [-0.2, 0) is 17.7 Å². The third-order valence-corrected chi connectivity index (χ3v) is 5.30. The molecule has 2 aliphatic rings. The summed E-state index contributed by atoms with van der Waals surface area (Å²) in [5, 5.41) is 0.724. The molecule has 136 valence electrons. The van der Waals surface area contributed by atoms with Crippen LogP contribution in [0.1, 0.15) is 17.0 Å². The van der Waals surface area contributed by atoms with Crippen LogP contribution in [0, 0.1) is 6.92 Å². The molecule has 4 rings (SSSR count). The molecule has 2 fully saturated rings. The molecule has 0 aliphatic carbocycles.